The van der Waals surface area contributed by atoms with Crippen LogP contribution in [0.3, 0.4) is 0 Å². The second-order valence-corrected chi connectivity index (χ2v) is 9.43. The van der Waals surface area contributed by atoms with E-state index in [1.165, 1.54) is 0 Å². The van der Waals surface area contributed by atoms with Crippen LogP contribution in [0.2, 0.25) is 10.0 Å². The number of anilines is 2. The number of fused-ring (bicyclic) bond motifs is 1. The number of carbonyl (C=O) groups is 3. The topological polar surface area (TPSA) is 103 Å². The van der Waals surface area contributed by atoms with E-state index >= 15 is 0 Å². The minimum Gasteiger partial charge on any atom is -0.352 e. The van der Waals surface area contributed by atoms with Gasteiger partial charge >= 0.3 is 0 Å². The number of nitrogens with one attached hydrogen (secondary N) is 4. The van der Waals surface area contributed by atoms with Crippen molar-refractivity contribution >= 4 is 63.2 Å². The van der Waals surface area contributed by atoms with Gasteiger partial charge < -0.3 is 20.9 Å². The Morgan fingerprint density at radius 1 is 0.833 bits per heavy atom. The Hall–Kier alpha value is -3.81. The average molecular weight is 523 g/mol. The summed E-state index contributed by atoms with van der Waals surface area (Å²) in [5, 5.41) is 10.2. The third-order valence-corrected chi connectivity index (χ3v) is 6.08. The van der Waals surface area contributed by atoms with Crippen molar-refractivity contribution in [3.8, 4) is 0 Å². The van der Waals surface area contributed by atoms with Gasteiger partial charge in [-0.05, 0) is 60.2 Å². The Morgan fingerprint density at radius 3 is 2.25 bits per heavy atom. The average Bonchev–Trinajstić information content (AvgIpc) is 3.28. The summed E-state index contributed by atoms with van der Waals surface area (Å²) >= 11 is 12.2. The fourth-order valence-electron chi connectivity index (χ4n) is 3.51. The first kappa shape index (κ1) is 25.3. The molecule has 0 spiro atoms. The van der Waals surface area contributed by atoms with Crippen LogP contribution in [0.1, 0.15) is 40.3 Å². The number of H-pyrrole nitrogens is 1. The Morgan fingerprint density at radius 2 is 1.53 bits per heavy atom. The highest BCUT2D eigenvalue weighted by atomic mass is 35.5. The lowest BCUT2D eigenvalue weighted by Crippen LogP contribution is -2.27. The number of hydrogen-bond acceptors (Lipinski definition) is 3. The Bertz CT molecular complexity index is 1450. The summed E-state index contributed by atoms with van der Waals surface area (Å²) in [4.78, 5) is 40.5. The van der Waals surface area contributed by atoms with Crippen LogP contribution in [-0.4, -0.2) is 22.7 Å². The SMILES string of the molecule is CC(C)C(=O)NCc1ccc(Cl)c(C(=O)Nc2ccc3cc(C(=O)Nc4ccc(Cl)cc4)[nH]c3c2)c1. The number of halogens is 2. The Labute approximate surface area is 218 Å². The summed E-state index contributed by atoms with van der Waals surface area (Å²) in [6.07, 6.45) is 0. The van der Waals surface area contributed by atoms with Gasteiger partial charge in [-0.15, -0.1) is 0 Å². The van der Waals surface area contributed by atoms with Crippen molar-refractivity contribution in [3.05, 3.63) is 93.6 Å². The summed E-state index contributed by atoms with van der Waals surface area (Å²) in [5.41, 5.74) is 3.28. The predicted molar refractivity (Wildman–Crippen MR) is 144 cm³/mol. The molecule has 4 aromatic rings. The third kappa shape index (κ3) is 6.05. The molecule has 0 atom stereocenters. The quantitative estimate of drug-likeness (QED) is 0.230. The highest BCUT2D eigenvalue weighted by molar-refractivity contribution is 6.34. The number of aromatic amines is 1. The van der Waals surface area contributed by atoms with Crippen molar-refractivity contribution in [2.24, 2.45) is 5.92 Å². The van der Waals surface area contributed by atoms with Gasteiger partial charge in [0.15, 0.2) is 0 Å². The van der Waals surface area contributed by atoms with Gasteiger partial charge in [-0.3, -0.25) is 14.4 Å². The molecule has 0 aliphatic carbocycles. The zero-order valence-corrected chi connectivity index (χ0v) is 21.1. The normalized spacial score (nSPS) is 10.9. The second-order valence-electron chi connectivity index (χ2n) is 8.59. The molecule has 184 valence electrons. The molecule has 3 amide bonds. The van der Waals surface area contributed by atoms with Crippen molar-refractivity contribution in [3.63, 3.8) is 0 Å². The van der Waals surface area contributed by atoms with Crippen LogP contribution < -0.4 is 16.0 Å². The van der Waals surface area contributed by atoms with Gasteiger partial charge in [0.2, 0.25) is 5.91 Å². The van der Waals surface area contributed by atoms with Crippen molar-refractivity contribution in [2.75, 3.05) is 10.6 Å². The molecule has 0 aliphatic rings. The predicted octanol–water partition coefficient (Wildman–Crippen LogP) is 6.25. The lowest BCUT2D eigenvalue weighted by molar-refractivity contribution is -0.124. The molecule has 9 heteroatoms. The monoisotopic (exact) mass is 522 g/mol. The first-order valence-corrected chi connectivity index (χ1v) is 12.0. The number of hydrogen-bond donors (Lipinski definition) is 4. The smallest absolute Gasteiger partial charge is 0.272 e. The number of aromatic nitrogens is 1. The van der Waals surface area contributed by atoms with Crippen LogP contribution >= 0.6 is 23.2 Å². The molecular formula is C27H24Cl2N4O3. The molecule has 0 unspecified atom stereocenters. The van der Waals surface area contributed by atoms with E-state index in [-0.39, 0.29) is 23.6 Å². The van der Waals surface area contributed by atoms with Crippen molar-refractivity contribution in [1.29, 1.82) is 0 Å². The van der Waals surface area contributed by atoms with Crippen LogP contribution in [0.5, 0.6) is 0 Å². The molecule has 36 heavy (non-hydrogen) atoms. The van der Waals surface area contributed by atoms with Crippen LogP contribution in [0.4, 0.5) is 11.4 Å². The molecular weight excluding hydrogens is 499 g/mol. The summed E-state index contributed by atoms with van der Waals surface area (Å²) in [6.45, 7) is 3.92. The van der Waals surface area contributed by atoms with E-state index in [2.05, 4.69) is 20.9 Å². The van der Waals surface area contributed by atoms with Crippen molar-refractivity contribution in [2.45, 2.75) is 20.4 Å². The number of rotatable bonds is 7. The molecule has 7 nitrogen and oxygen atoms in total. The summed E-state index contributed by atoms with van der Waals surface area (Å²) in [5.74, 6) is -0.890. The minimum absolute atomic E-state index is 0.0728. The molecule has 0 bridgehead atoms. The highest BCUT2D eigenvalue weighted by Gasteiger charge is 2.15. The number of benzene rings is 3. The highest BCUT2D eigenvalue weighted by Crippen LogP contribution is 2.24. The van der Waals surface area contributed by atoms with Crippen LogP contribution in [0, 0.1) is 5.92 Å². The maximum Gasteiger partial charge on any atom is 0.272 e. The van der Waals surface area contributed by atoms with Gasteiger partial charge in [0.1, 0.15) is 5.69 Å². The fraction of sp³-hybridized carbons (Fsp3) is 0.148. The first-order valence-electron chi connectivity index (χ1n) is 11.3. The second kappa shape index (κ2) is 10.8. The van der Waals surface area contributed by atoms with Crippen LogP contribution in [-0.2, 0) is 11.3 Å². The van der Waals surface area contributed by atoms with Crippen molar-refractivity contribution in [1.82, 2.24) is 10.3 Å². The van der Waals surface area contributed by atoms with Crippen LogP contribution in [0.15, 0.2) is 66.7 Å². The molecule has 0 saturated heterocycles. The van der Waals surface area contributed by atoms with Crippen LogP contribution in [0.25, 0.3) is 10.9 Å². The van der Waals surface area contributed by atoms with Gasteiger partial charge in [0.25, 0.3) is 11.8 Å². The van der Waals surface area contributed by atoms with Gasteiger partial charge in [-0.2, -0.15) is 0 Å². The fourth-order valence-corrected chi connectivity index (χ4v) is 3.84. The standard InChI is InChI=1S/C27H24Cl2N4O3/c1-15(2)25(34)30-14-16-3-10-22(29)21(11-16)26(35)32-20-7-4-17-12-24(33-23(17)13-20)27(36)31-19-8-5-18(28)6-9-19/h3-13,15,33H,14H2,1-2H3,(H,30,34)(H,31,36)(H,32,35). The van der Waals surface area contributed by atoms with Gasteiger partial charge in [-0.1, -0.05) is 49.2 Å². The number of amides is 3. The minimum atomic E-state index is -0.386. The summed E-state index contributed by atoms with van der Waals surface area (Å²) in [7, 11) is 0. The van der Waals surface area contributed by atoms with Gasteiger partial charge in [-0.25, -0.2) is 0 Å². The lowest BCUT2D eigenvalue weighted by atomic mass is 10.1. The van der Waals surface area contributed by atoms with E-state index < -0.39 is 0 Å². The number of carbonyl (C=O) groups excluding carboxylic acids is 3. The third-order valence-electron chi connectivity index (χ3n) is 5.49. The molecule has 3 aromatic carbocycles. The largest absolute Gasteiger partial charge is 0.352 e. The van der Waals surface area contributed by atoms with Crippen molar-refractivity contribution < 1.29 is 14.4 Å². The summed E-state index contributed by atoms with van der Waals surface area (Å²) in [6, 6.07) is 18.9. The molecule has 1 heterocycles. The first-order chi connectivity index (χ1) is 17.2. The molecule has 0 aliphatic heterocycles. The van der Waals surface area contributed by atoms with E-state index in [1.807, 2.05) is 13.8 Å². The molecule has 4 N–H and O–H groups in total. The lowest BCUT2D eigenvalue weighted by Gasteiger charge is -2.11. The molecule has 1 aromatic heterocycles. The molecule has 0 saturated carbocycles. The summed E-state index contributed by atoms with van der Waals surface area (Å²) < 4.78 is 0. The van der Waals surface area contributed by atoms with Gasteiger partial charge in [0.05, 0.1) is 10.6 Å². The molecule has 0 radical (unpaired) electrons. The maximum atomic E-state index is 12.9. The van der Waals surface area contributed by atoms with E-state index in [1.54, 1.807) is 66.7 Å². The molecule has 4 rings (SSSR count). The Balaban J connectivity index is 1.47. The molecule has 0 fully saturated rings. The zero-order valence-electron chi connectivity index (χ0n) is 19.6. The van der Waals surface area contributed by atoms with E-state index in [0.29, 0.717) is 44.7 Å². The Kier molecular flexibility index (Phi) is 7.62. The van der Waals surface area contributed by atoms with E-state index in [0.717, 1.165) is 10.9 Å². The van der Waals surface area contributed by atoms with E-state index in [4.69, 9.17) is 23.2 Å². The van der Waals surface area contributed by atoms with E-state index in [9.17, 15) is 14.4 Å². The maximum absolute atomic E-state index is 12.9. The van der Waals surface area contributed by atoms with Gasteiger partial charge in [0, 0.05) is 39.8 Å². The zero-order chi connectivity index (χ0) is 25.8.